The lowest BCUT2D eigenvalue weighted by molar-refractivity contribution is 0.517. The summed E-state index contributed by atoms with van der Waals surface area (Å²) in [5.41, 5.74) is 0. The Bertz CT molecular complexity index is 158. The van der Waals surface area contributed by atoms with Gasteiger partial charge in [0.25, 0.3) is 0 Å². The molecule has 0 atom stereocenters. The molecular formula is C7H6O. The lowest BCUT2D eigenvalue weighted by atomic mass is 10.5. The van der Waals surface area contributed by atoms with E-state index in [0.29, 0.717) is 0 Å². The van der Waals surface area contributed by atoms with E-state index in [-0.39, 0.29) is 0 Å². The second-order valence-electron chi connectivity index (χ2n) is 0.984. The minimum Gasteiger partial charge on any atom is -0.462 e. The highest BCUT2D eigenvalue weighted by Crippen LogP contribution is 1.63. The maximum atomic E-state index is 7.91. The van der Waals surface area contributed by atoms with Gasteiger partial charge in [0, 0.05) is 0 Å². The van der Waals surface area contributed by atoms with Crippen molar-refractivity contribution in [2.24, 2.45) is 0 Å². The van der Waals surface area contributed by atoms with E-state index >= 15 is 0 Å². The van der Waals surface area contributed by atoms with Gasteiger partial charge in [-0.2, -0.15) is 0 Å². The summed E-state index contributed by atoms with van der Waals surface area (Å²) >= 11 is 0. The molecule has 0 fully saturated rings. The van der Waals surface area contributed by atoms with E-state index in [0.717, 1.165) is 0 Å². The SMILES string of the molecule is CC#C/C=C/C#CO. The highest BCUT2D eigenvalue weighted by Gasteiger charge is 1.53. The van der Waals surface area contributed by atoms with Crippen molar-refractivity contribution in [1.29, 1.82) is 0 Å². The third-order valence-electron chi connectivity index (χ3n) is 0.459. The third-order valence-corrected chi connectivity index (χ3v) is 0.459. The zero-order chi connectivity index (χ0) is 6.24. The van der Waals surface area contributed by atoms with Gasteiger partial charge in [0.2, 0.25) is 0 Å². The van der Waals surface area contributed by atoms with Gasteiger partial charge in [-0.25, -0.2) is 0 Å². The Morgan fingerprint density at radius 2 is 1.88 bits per heavy atom. The largest absolute Gasteiger partial charge is 0.462 e. The van der Waals surface area contributed by atoms with Crippen LogP contribution in [-0.2, 0) is 0 Å². The molecule has 1 nitrogen and oxygen atoms in total. The van der Waals surface area contributed by atoms with Gasteiger partial charge in [-0.05, 0) is 25.0 Å². The number of aliphatic hydroxyl groups excluding tert-OH is 1. The molecule has 0 aliphatic rings. The van der Waals surface area contributed by atoms with Crippen LogP contribution in [0.25, 0.3) is 0 Å². The van der Waals surface area contributed by atoms with Crippen molar-refractivity contribution in [3.8, 4) is 23.9 Å². The van der Waals surface area contributed by atoms with Crippen LogP contribution in [0.3, 0.4) is 0 Å². The van der Waals surface area contributed by atoms with Crippen molar-refractivity contribution in [1.82, 2.24) is 0 Å². The Balaban J connectivity index is 3.56. The van der Waals surface area contributed by atoms with E-state index in [9.17, 15) is 0 Å². The first kappa shape index (κ1) is 6.66. The second-order valence-corrected chi connectivity index (χ2v) is 0.984. The standard InChI is InChI=1S/C7H6O/c1-2-3-4-5-6-7-8/h4-5,8H,1H3/b5-4+. The lowest BCUT2D eigenvalue weighted by Gasteiger charge is -1.59. The molecule has 0 saturated carbocycles. The highest BCUT2D eigenvalue weighted by molar-refractivity contribution is 5.22. The van der Waals surface area contributed by atoms with Crippen LogP contribution in [0.1, 0.15) is 6.92 Å². The average molecular weight is 106 g/mol. The molecule has 0 spiro atoms. The fourth-order valence-electron chi connectivity index (χ4n) is 0.204. The lowest BCUT2D eigenvalue weighted by Crippen LogP contribution is -1.50. The van der Waals surface area contributed by atoms with E-state index in [4.69, 9.17) is 5.11 Å². The van der Waals surface area contributed by atoms with Gasteiger partial charge < -0.3 is 5.11 Å². The van der Waals surface area contributed by atoms with Crippen molar-refractivity contribution in [3.05, 3.63) is 12.2 Å². The summed E-state index contributed by atoms with van der Waals surface area (Å²) in [6, 6.07) is 0. The van der Waals surface area contributed by atoms with Crippen LogP contribution in [0, 0.1) is 23.9 Å². The molecule has 0 aromatic carbocycles. The first-order chi connectivity index (χ1) is 3.91. The van der Waals surface area contributed by atoms with Crippen LogP contribution in [-0.4, -0.2) is 5.11 Å². The Labute approximate surface area is 49.0 Å². The number of rotatable bonds is 0. The van der Waals surface area contributed by atoms with Gasteiger partial charge in [-0.3, -0.25) is 0 Å². The molecule has 0 amide bonds. The highest BCUT2D eigenvalue weighted by atomic mass is 16.2. The van der Waals surface area contributed by atoms with Crippen LogP contribution in [0.15, 0.2) is 12.2 Å². The summed E-state index contributed by atoms with van der Waals surface area (Å²) in [5, 5.41) is 7.91. The molecule has 0 heterocycles. The fourth-order valence-corrected chi connectivity index (χ4v) is 0.204. The molecule has 40 valence electrons. The molecule has 1 heteroatoms. The molecule has 0 radical (unpaired) electrons. The zero-order valence-corrected chi connectivity index (χ0v) is 4.60. The third kappa shape index (κ3) is 4.66. The first-order valence-electron chi connectivity index (χ1n) is 2.13. The molecule has 0 aliphatic carbocycles. The fraction of sp³-hybridized carbons (Fsp3) is 0.143. The minimum absolute atomic E-state index is 1.48. The van der Waals surface area contributed by atoms with Crippen LogP contribution in [0.5, 0.6) is 0 Å². The summed E-state index contributed by atoms with van der Waals surface area (Å²) < 4.78 is 0. The molecule has 0 aliphatic heterocycles. The van der Waals surface area contributed by atoms with Crippen molar-refractivity contribution in [3.63, 3.8) is 0 Å². The summed E-state index contributed by atoms with van der Waals surface area (Å²) in [6.07, 6.45) is 4.78. The smallest absolute Gasteiger partial charge is 0.112 e. The van der Waals surface area contributed by atoms with Gasteiger partial charge in [-0.15, -0.1) is 5.92 Å². The number of allylic oxidation sites excluding steroid dienone is 2. The van der Waals surface area contributed by atoms with Crippen LogP contribution in [0.4, 0.5) is 0 Å². The van der Waals surface area contributed by atoms with Crippen LogP contribution >= 0.6 is 0 Å². The Hall–Kier alpha value is -1.34. The van der Waals surface area contributed by atoms with Gasteiger partial charge in [-0.1, -0.05) is 5.92 Å². The van der Waals surface area contributed by atoms with E-state index in [1.165, 1.54) is 6.08 Å². The molecule has 0 saturated heterocycles. The number of hydrogen-bond donors (Lipinski definition) is 1. The summed E-state index contributed by atoms with van der Waals surface area (Å²) in [6.45, 7) is 1.73. The normalized spacial score (nSPS) is 6.62. The van der Waals surface area contributed by atoms with Crippen LogP contribution < -0.4 is 0 Å². The summed E-state index contributed by atoms with van der Waals surface area (Å²) in [4.78, 5) is 0. The number of aliphatic hydroxyl groups is 1. The van der Waals surface area contributed by atoms with Gasteiger partial charge in [0.15, 0.2) is 0 Å². The molecule has 0 unspecified atom stereocenters. The average Bonchev–Trinajstić information content (AvgIpc) is 1.81. The molecule has 0 aromatic heterocycles. The minimum atomic E-state index is 1.48. The Kier molecular flexibility index (Phi) is 4.71. The first-order valence-corrected chi connectivity index (χ1v) is 2.13. The predicted octanol–water partition coefficient (Wildman–Crippen LogP) is 0.899. The van der Waals surface area contributed by atoms with Crippen molar-refractivity contribution in [2.45, 2.75) is 6.92 Å². The molecule has 1 N–H and O–H groups in total. The zero-order valence-electron chi connectivity index (χ0n) is 4.60. The molecular weight excluding hydrogens is 100 g/mol. The number of hydrogen-bond acceptors (Lipinski definition) is 1. The molecule has 0 aromatic rings. The predicted molar refractivity (Wildman–Crippen MR) is 32.3 cm³/mol. The van der Waals surface area contributed by atoms with Crippen molar-refractivity contribution >= 4 is 0 Å². The van der Waals surface area contributed by atoms with E-state index in [1.807, 2.05) is 0 Å². The Morgan fingerprint density at radius 1 is 1.25 bits per heavy atom. The summed E-state index contributed by atoms with van der Waals surface area (Å²) in [5.74, 6) is 7.58. The summed E-state index contributed by atoms with van der Waals surface area (Å²) in [7, 11) is 0. The molecule has 8 heavy (non-hydrogen) atoms. The van der Waals surface area contributed by atoms with E-state index in [2.05, 4.69) is 17.8 Å². The van der Waals surface area contributed by atoms with E-state index in [1.54, 1.807) is 19.1 Å². The monoisotopic (exact) mass is 106 g/mol. The topological polar surface area (TPSA) is 20.2 Å². The quantitative estimate of drug-likeness (QED) is 0.455. The molecule has 0 bridgehead atoms. The van der Waals surface area contributed by atoms with Crippen LogP contribution in [0.2, 0.25) is 0 Å². The maximum absolute atomic E-state index is 7.91. The maximum Gasteiger partial charge on any atom is 0.112 e. The van der Waals surface area contributed by atoms with Gasteiger partial charge in [0.05, 0.1) is 0 Å². The van der Waals surface area contributed by atoms with Gasteiger partial charge in [0.1, 0.15) is 6.11 Å². The van der Waals surface area contributed by atoms with Gasteiger partial charge >= 0.3 is 0 Å². The van der Waals surface area contributed by atoms with E-state index < -0.39 is 0 Å². The van der Waals surface area contributed by atoms with Crippen molar-refractivity contribution < 1.29 is 5.11 Å². The Morgan fingerprint density at radius 3 is 2.38 bits per heavy atom. The van der Waals surface area contributed by atoms with Crippen molar-refractivity contribution in [2.75, 3.05) is 0 Å². The second kappa shape index (κ2) is 5.66. The molecule has 0 rings (SSSR count).